The fourth-order valence-electron chi connectivity index (χ4n) is 4.04. The maximum absolute atomic E-state index is 13.6. The summed E-state index contributed by atoms with van der Waals surface area (Å²) in [5.41, 5.74) is 3.84. The van der Waals surface area contributed by atoms with Crippen LogP contribution in [0.25, 0.3) is 12.2 Å². The van der Waals surface area contributed by atoms with Gasteiger partial charge in [-0.05, 0) is 60.0 Å². The Morgan fingerprint density at radius 1 is 0.842 bits per heavy atom. The van der Waals surface area contributed by atoms with Crippen molar-refractivity contribution in [3.05, 3.63) is 106 Å². The predicted octanol–water partition coefficient (Wildman–Crippen LogP) is 5.03. The first-order valence-corrected chi connectivity index (χ1v) is 11.8. The number of ether oxygens (including phenoxy) is 2. The molecule has 8 heteroatoms. The van der Waals surface area contributed by atoms with Crippen molar-refractivity contribution in [2.45, 2.75) is 13.0 Å². The van der Waals surface area contributed by atoms with Gasteiger partial charge in [-0.3, -0.25) is 4.79 Å². The molecule has 1 aliphatic rings. The maximum Gasteiger partial charge on any atom is 0.320 e. The third-order valence-corrected chi connectivity index (χ3v) is 6.06. The SMILES string of the molecule is COc1cc(/C=C/C(=O)C2=C(/C=C/c3ccc(O)c(OC)c3)NC(=O)NC2c2ccc(C)cc2)ccc1O. The van der Waals surface area contributed by atoms with E-state index < -0.39 is 12.1 Å². The van der Waals surface area contributed by atoms with Crippen LogP contribution in [0.5, 0.6) is 23.0 Å². The zero-order valence-corrected chi connectivity index (χ0v) is 21.2. The molecule has 38 heavy (non-hydrogen) atoms. The molecule has 0 fully saturated rings. The van der Waals surface area contributed by atoms with Crippen LogP contribution in [0, 0.1) is 6.92 Å². The Morgan fingerprint density at radius 2 is 1.42 bits per heavy atom. The summed E-state index contributed by atoms with van der Waals surface area (Å²) >= 11 is 0. The number of hydrogen-bond acceptors (Lipinski definition) is 6. The molecule has 4 rings (SSSR count). The van der Waals surface area contributed by atoms with E-state index >= 15 is 0 Å². The van der Waals surface area contributed by atoms with Gasteiger partial charge in [-0.2, -0.15) is 0 Å². The Bertz CT molecular complexity index is 1450. The first kappa shape index (κ1) is 26.1. The second-order valence-electron chi connectivity index (χ2n) is 8.66. The lowest BCUT2D eigenvalue weighted by atomic mass is 9.91. The van der Waals surface area contributed by atoms with Gasteiger partial charge in [-0.15, -0.1) is 0 Å². The Kier molecular flexibility index (Phi) is 7.82. The van der Waals surface area contributed by atoms with E-state index in [4.69, 9.17) is 9.47 Å². The van der Waals surface area contributed by atoms with Crippen molar-refractivity contribution in [1.29, 1.82) is 0 Å². The largest absolute Gasteiger partial charge is 0.504 e. The van der Waals surface area contributed by atoms with Gasteiger partial charge in [-0.25, -0.2) is 4.79 Å². The van der Waals surface area contributed by atoms with Crippen molar-refractivity contribution in [3.8, 4) is 23.0 Å². The van der Waals surface area contributed by atoms with Crippen LogP contribution in [0.15, 0.2) is 84.1 Å². The van der Waals surface area contributed by atoms with Crippen molar-refractivity contribution in [2.75, 3.05) is 14.2 Å². The van der Waals surface area contributed by atoms with Crippen LogP contribution in [-0.2, 0) is 4.79 Å². The van der Waals surface area contributed by atoms with Gasteiger partial charge in [0, 0.05) is 5.57 Å². The van der Waals surface area contributed by atoms with Crippen LogP contribution >= 0.6 is 0 Å². The molecule has 0 saturated carbocycles. The number of methoxy groups -OCH3 is 2. The summed E-state index contributed by atoms with van der Waals surface area (Å²) in [7, 11) is 2.90. The quantitative estimate of drug-likeness (QED) is 0.315. The molecule has 0 aliphatic carbocycles. The summed E-state index contributed by atoms with van der Waals surface area (Å²) in [5.74, 6) is 0.270. The number of phenolic OH excluding ortho intramolecular Hbond substituents is 2. The standard InChI is InChI=1S/C30H28N2O6/c1-18-4-10-21(11-5-18)29-28(25(35)15-9-20-8-14-24(34)27(17-20)38-3)22(31-30(36)32-29)12-6-19-7-13-23(33)26(16-19)37-2/h4-17,29,33-34H,1-3H3,(H2,31,32,36)/b12-6+,15-9+. The number of urea groups is 1. The molecule has 2 amide bonds. The number of hydrogen-bond donors (Lipinski definition) is 4. The van der Waals surface area contributed by atoms with Gasteiger partial charge in [0.2, 0.25) is 0 Å². The predicted molar refractivity (Wildman–Crippen MR) is 145 cm³/mol. The van der Waals surface area contributed by atoms with Crippen molar-refractivity contribution in [1.82, 2.24) is 10.6 Å². The van der Waals surface area contributed by atoms with Gasteiger partial charge in [0.15, 0.2) is 28.8 Å². The Morgan fingerprint density at radius 3 is 2.00 bits per heavy atom. The minimum absolute atomic E-state index is 0.00408. The first-order chi connectivity index (χ1) is 18.3. The van der Waals surface area contributed by atoms with Gasteiger partial charge in [0.25, 0.3) is 0 Å². The molecule has 0 aromatic heterocycles. The molecular weight excluding hydrogens is 484 g/mol. The van der Waals surface area contributed by atoms with Gasteiger partial charge in [-0.1, -0.05) is 54.1 Å². The number of carbonyl (C=O) groups is 2. The number of nitrogens with one attached hydrogen (secondary N) is 2. The van der Waals surface area contributed by atoms with Crippen LogP contribution in [0.4, 0.5) is 4.79 Å². The number of rotatable bonds is 8. The van der Waals surface area contributed by atoms with Crippen LogP contribution in [-0.4, -0.2) is 36.2 Å². The Hall–Kier alpha value is -4.98. The summed E-state index contributed by atoms with van der Waals surface area (Å²) in [4.78, 5) is 26.2. The lowest BCUT2D eigenvalue weighted by Gasteiger charge is -2.28. The van der Waals surface area contributed by atoms with E-state index in [0.717, 1.165) is 11.1 Å². The third kappa shape index (κ3) is 5.87. The van der Waals surface area contributed by atoms with Crippen molar-refractivity contribution in [3.63, 3.8) is 0 Å². The Balaban J connectivity index is 1.77. The van der Waals surface area contributed by atoms with Crippen LogP contribution < -0.4 is 20.1 Å². The molecule has 3 aromatic rings. The van der Waals surface area contributed by atoms with Gasteiger partial charge in [0.1, 0.15) is 0 Å². The minimum atomic E-state index is -0.690. The highest BCUT2D eigenvalue weighted by atomic mass is 16.5. The number of carbonyl (C=O) groups excluding carboxylic acids is 2. The molecule has 0 radical (unpaired) electrons. The minimum Gasteiger partial charge on any atom is -0.504 e. The van der Waals surface area contributed by atoms with Crippen molar-refractivity contribution in [2.24, 2.45) is 0 Å². The first-order valence-electron chi connectivity index (χ1n) is 11.8. The number of benzene rings is 3. The topological polar surface area (TPSA) is 117 Å². The van der Waals surface area contributed by atoms with E-state index in [9.17, 15) is 19.8 Å². The zero-order valence-electron chi connectivity index (χ0n) is 21.2. The molecule has 1 heterocycles. The second kappa shape index (κ2) is 11.4. The lowest BCUT2D eigenvalue weighted by molar-refractivity contribution is -0.111. The molecule has 0 saturated heterocycles. The van der Waals surface area contributed by atoms with Crippen LogP contribution in [0.2, 0.25) is 0 Å². The van der Waals surface area contributed by atoms with Crippen molar-refractivity contribution < 1.29 is 29.3 Å². The van der Waals surface area contributed by atoms with Crippen LogP contribution in [0.3, 0.4) is 0 Å². The lowest BCUT2D eigenvalue weighted by Crippen LogP contribution is -2.45. The molecule has 8 nitrogen and oxygen atoms in total. The monoisotopic (exact) mass is 512 g/mol. The number of ketones is 1. The van der Waals surface area contributed by atoms with E-state index in [2.05, 4.69) is 10.6 Å². The average Bonchev–Trinajstić information content (AvgIpc) is 2.92. The molecule has 194 valence electrons. The highest BCUT2D eigenvalue weighted by Gasteiger charge is 2.30. The number of allylic oxidation sites excluding steroid dienone is 2. The highest BCUT2D eigenvalue weighted by molar-refractivity contribution is 6.09. The fraction of sp³-hybridized carbons (Fsp3) is 0.133. The number of aromatic hydroxyl groups is 2. The highest BCUT2D eigenvalue weighted by Crippen LogP contribution is 2.31. The average molecular weight is 513 g/mol. The Labute approximate surface area is 220 Å². The number of phenols is 2. The summed E-state index contributed by atoms with van der Waals surface area (Å²) in [5, 5.41) is 25.3. The molecule has 1 unspecified atom stereocenters. The third-order valence-electron chi connectivity index (χ3n) is 6.06. The van der Waals surface area contributed by atoms with E-state index in [1.807, 2.05) is 31.2 Å². The van der Waals surface area contributed by atoms with E-state index in [0.29, 0.717) is 28.1 Å². The van der Waals surface area contributed by atoms with Gasteiger partial charge < -0.3 is 30.3 Å². The number of aryl methyl sites for hydroxylation is 1. The maximum atomic E-state index is 13.6. The number of amides is 2. The molecule has 4 N–H and O–H groups in total. The summed E-state index contributed by atoms with van der Waals surface area (Å²) in [6.07, 6.45) is 6.40. The zero-order chi connectivity index (χ0) is 27.2. The fourth-order valence-corrected chi connectivity index (χ4v) is 4.04. The summed E-state index contributed by atoms with van der Waals surface area (Å²) in [6, 6.07) is 16.1. The molecule has 1 atom stereocenters. The molecule has 3 aromatic carbocycles. The normalized spacial score (nSPS) is 15.4. The van der Waals surface area contributed by atoms with Gasteiger partial charge >= 0.3 is 6.03 Å². The second-order valence-corrected chi connectivity index (χ2v) is 8.66. The van der Waals surface area contributed by atoms with Crippen LogP contribution in [0.1, 0.15) is 28.3 Å². The summed E-state index contributed by atoms with van der Waals surface area (Å²) < 4.78 is 10.3. The molecule has 0 bridgehead atoms. The van der Waals surface area contributed by atoms with Crippen molar-refractivity contribution >= 4 is 24.0 Å². The molecule has 0 spiro atoms. The molecular formula is C30H28N2O6. The van der Waals surface area contributed by atoms with E-state index in [1.54, 1.807) is 42.5 Å². The molecule has 1 aliphatic heterocycles. The van der Waals surface area contributed by atoms with Gasteiger partial charge in [0.05, 0.1) is 26.0 Å². The summed E-state index contributed by atoms with van der Waals surface area (Å²) in [6.45, 7) is 1.96. The van der Waals surface area contributed by atoms with E-state index in [-0.39, 0.29) is 23.0 Å². The smallest absolute Gasteiger partial charge is 0.320 e. The van der Waals surface area contributed by atoms with E-state index in [1.165, 1.54) is 32.4 Å².